The highest BCUT2D eigenvalue weighted by atomic mass is 32.2. The molecule has 4 aromatic rings. The van der Waals surface area contributed by atoms with Gasteiger partial charge in [0.25, 0.3) is 10.0 Å². The van der Waals surface area contributed by atoms with Crippen molar-refractivity contribution in [3.63, 3.8) is 0 Å². The SMILES string of the molecule is O=C(NCc1cccc(OCc2cccc(CN3CCOCC3)c2)c1)[C@@H]1CCCN1S(=O)(=O)c1cc2cc(F)ccc2o1. The van der Waals surface area contributed by atoms with E-state index in [4.69, 9.17) is 13.9 Å². The number of nitrogens with one attached hydrogen (secondary N) is 1. The van der Waals surface area contributed by atoms with Gasteiger partial charge in [0.15, 0.2) is 0 Å². The van der Waals surface area contributed by atoms with Gasteiger partial charge in [0.05, 0.1) is 13.2 Å². The quantitative estimate of drug-likeness (QED) is 0.284. The molecule has 0 aliphatic carbocycles. The highest BCUT2D eigenvalue weighted by Gasteiger charge is 2.41. The Balaban J connectivity index is 1.05. The summed E-state index contributed by atoms with van der Waals surface area (Å²) >= 11 is 0. The predicted molar refractivity (Wildman–Crippen MR) is 158 cm³/mol. The first kappa shape index (κ1) is 29.3. The molecule has 43 heavy (non-hydrogen) atoms. The zero-order valence-corrected chi connectivity index (χ0v) is 24.5. The van der Waals surface area contributed by atoms with E-state index in [0.717, 1.165) is 44.0 Å². The van der Waals surface area contributed by atoms with Crippen molar-refractivity contribution in [2.75, 3.05) is 32.8 Å². The van der Waals surface area contributed by atoms with Crippen molar-refractivity contribution in [1.29, 1.82) is 0 Å². The molecule has 1 amide bonds. The molecule has 0 unspecified atom stereocenters. The highest BCUT2D eigenvalue weighted by Crippen LogP contribution is 2.30. The number of hydrogen-bond donors (Lipinski definition) is 1. The largest absolute Gasteiger partial charge is 0.489 e. The van der Waals surface area contributed by atoms with Gasteiger partial charge in [-0.25, -0.2) is 12.8 Å². The topological polar surface area (TPSA) is 101 Å². The molecule has 0 spiro atoms. The lowest BCUT2D eigenvalue weighted by atomic mass is 10.1. The molecule has 1 atom stereocenters. The molecule has 2 fully saturated rings. The Hall–Kier alpha value is -3.77. The van der Waals surface area contributed by atoms with Crippen molar-refractivity contribution in [2.45, 2.75) is 43.7 Å². The number of sulfonamides is 1. The van der Waals surface area contributed by atoms with Crippen LogP contribution >= 0.6 is 0 Å². The van der Waals surface area contributed by atoms with Gasteiger partial charge in [-0.2, -0.15) is 4.31 Å². The molecular weight excluding hydrogens is 573 g/mol. The van der Waals surface area contributed by atoms with Crippen molar-refractivity contribution in [3.05, 3.63) is 95.3 Å². The second kappa shape index (κ2) is 12.8. The van der Waals surface area contributed by atoms with Crippen molar-refractivity contribution < 1.29 is 31.5 Å². The third-order valence-electron chi connectivity index (χ3n) is 7.80. The number of benzene rings is 3. The summed E-state index contributed by atoms with van der Waals surface area (Å²) in [7, 11) is -4.09. The fourth-order valence-corrected chi connectivity index (χ4v) is 7.18. The maximum absolute atomic E-state index is 13.6. The summed E-state index contributed by atoms with van der Waals surface area (Å²) in [5.41, 5.74) is 3.40. The van der Waals surface area contributed by atoms with Crippen LogP contribution < -0.4 is 10.1 Å². The van der Waals surface area contributed by atoms with Crippen LogP contribution in [0, 0.1) is 5.82 Å². The van der Waals surface area contributed by atoms with Crippen molar-refractivity contribution in [1.82, 2.24) is 14.5 Å². The molecule has 0 radical (unpaired) electrons. The number of ether oxygens (including phenoxy) is 2. The lowest BCUT2D eigenvalue weighted by molar-refractivity contribution is -0.124. The first-order valence-corrected chi connectivity index (χ1v) is 15.9. The van der Waals surface area contributed by atoms with E-state index in [-0.39, 0.29) is 29.7 Å². The molecule has 11 heteroatoms. The van der Waals surface area contributed by atoms with Gasteiger partial charge >= 0.3 is 0 Å². The summed E-state index contributed by atoms with van der Waals surface area (Å²) in [4.78, 5) is 15.5. The third-order valence-corrected chi connectivity index (χ3v) is 9.56. The Labute approximate surface area is 250 Å². The zero-order valence-electron chi connectivity index (χ0n) is 23.7. The van der Waals surface area contributed by atoms with E-state index in [1.165, 1.54) is 34.1 Å². The zero-order chi connectivity index (χ0) is 29.8. The summed E-state index contributed by atoms with van der Waals surface area (Å²) in [6.07, 6.45) is 0.941. The van der Waals surface area contributed by atoms with Crippen molar-refractivity contribution >= 4 is 26.9 Å². The number of rotatable bonds is 10. The number of hydrogen-bond acceptors (Lipinski definition) is 7. The van der Waals surface area contributed by atoms with Gasteiger partial charge in [0.1, 0.15) is 29.8 Å². The van der Waals surface area contributed by atoms with Crippen LogP contribution in [-0.2, 0) is 39.3 Å². The molecule has 2 aliphatic rings. The molecule has 6 rings (SSSR count). The maximum atomic E-state index is 13.6. The number of nitrogens with zero attached hydrogens (tertiary/aromatic N) is 2. The average molecular weight is 608 g/mol. The second-order valence-electron chi connectivity index (χ2n) is 10.9. The number of fused-ring (bicyclic) bond motifs is 1. The van der Waals surface area contributed by atoms with Crippen molar-refractivity contribution in [2.24, 2.45) is 0 Å². The van der Waals surface area contributed by atoms with Gasteiger partial charge < -0.3 is 19.2 Å². The monoisotopic (exact) mass is 607 g/mol. The number of halogens is 1. The third kappa shape index (κ3) is 6.91. The standard InChI is InChI=1S/C32H34FN3O6S/c33-27-9-10-30-26(18-27)19-31(42-30)43(38,39)36-11-3-8-29(36)32(37)34-20-23-4-2-7-28(17-23)41-22-25-6-1-5-24(16-25)21-35-12-14-40-15-13-35/h1-2,4-7,9-10,16-19,29H,3,8,11-15,20-22H2,(H,34,37)/t29-/m0/s1. The Morgan fingerprint density at radius 2 is 1.74 bits per heavy atom. The second-order valence-corrected chi connectivity index (χ2v) is 12.7. The number of amides is 1. The van der Waals surface area contributed by atoms with E-state index in [2.05, 4.69) is 22.3 Å². The van der Waals surface area contributed by atoms with Gasteiger partial charge in [-0.3, -0.25) is 9.69 Å². The van der Waals surface area contributed by atoms with Crippen LogP contribution in [0.4, 0.5) is 4.39 Å². The lowest BCUT2D eigenvalue weighted by Crippen LogP contribution is -2.45. The van der Waals surface area contributed by atoms with Gasteiger partial charge in [0.2, 0.25) is 11.0 Å². The van der Waals surface area contributed by atoms with Crippen LogP contribution in [-0.4, -0.2) is 62.4 Å². The van der Waals surface area contributed by atoms with Gasteiger partial charge in [-0.15, -0.1) is 0 Å². The summed E-state index contributed by atoms with van der Waals surface area (Å²) in [5.74, 6) is -0.192. The van der Waals surface area contributed by atoms with Crippen LogP contribution in [0.2, 0.25) is 0 Å². The van der Waals surface area contributed by atoms with E-state index >= 15 is 0 Å². The van der Waals surface area contributed by atoms with Gasteiger partial charge in [0, 0.05) is 44.2 Å². The molecule has 9 nitrogen and oxygen atoms in total. The van der Waals surface area contributed by atoms with Gasteiger partial charge in [-0.1, -0.05) is 36.4 Å². The average Bonchev–Trinajstić information content (AvgIpc) is 3.68. The first-order valence-electron chi connectivity index (χ1n) is 14.4. The maximum Gasteiger partial charge on any atom is 0.277 e. The summed E-state index contributed by atoms with van der Waals surface area (Å²) < 4.78 is 58.5. The molecule has 1 aromatic heterocycles. The Morgan fingerprint density at radius 1 is 0.953 bits per heavy atom. The van der Waals surface area contributed by atoms with Crippen LogP contribution in [0.1, 0.15) is 29.5 Å². The van der Waals surface area contributed by atoms with E-state index in [0.29, 0.717) is 30.6 Å². The minimum absolute atomic E-state index is 0.197. The Bertz CT molecular complexity index is 1700. The predicted octanol–water partition coefficient (Wildman–Crippen LogP) is 4.45. The smallest absolute Gasteiger partial charge is 0.277 e. The number of carbonyl (C=O) groups excluding carboxylic acids is 1. The Morgan fingerprint density at radius 3 is 2.60 bits per heavy atom. The van der Waals surface area contributed by atoms with Crippen LogP contribution in [0.3, 0.4) is 0 Å². The molecular formula is C32H34FN3O6S. The molecule has 1 N–H and O–H groups in total. The molecule has 0 saturated carbocycles. The summed E-state index contributed by atoms with van der Waals surface area (Å²) in [6.45, 7) is 5.11. The van der Waals surface area contributed by atoms with Crippen LogP contribution in [0.5, 0.6) is 5.75 Å². The van der Waals surface area contributed by atoms with Gasteiger partial charge in [-0.05, 0) is 59.9 Å². The number of morpholine rings is 1. The van der Waals surface area contributed by atoms with E-state index < -0.39 is 21.9 Å². The molecule has 226 valence electrons. The minimum atomic E-state index is -4.09. The highest BCUT2D eigenvalue weighted by molar-refractivity contribution is 7.89. The fourth-order valence-electron chi connectivity index (χ4n) is 5.58. The lowest BCUT2D eigenvalue weighted by Gasteiger charge is -2.26. The molecule has 3 heterocycles. The summed E-state index contributed by atoms with van der Waals surface area (Å²) in [6, 6.07) is 20.1. The summed E-state index contributed by atoms with van der Waals surface area (Å²) in [5, 5.41) is 2.93. The first-order chi connectivity index (χ1) is 20.8. The molecule has 2 aliphatic heterocycles. The van der Waals surface area contributed by atoms with E-state index in [9.17, 15) is 17.6 Å². The normalized spacial score (nSPS) is 18.2. The number of furan rings is 1. The van der Waals surface area contributed by atoms with Crippen molar-refractivity contribution in [3.8, 4) is 5.75 Å². The van der Waals surface area contributed by atoms with E-state index in [1.54, 1.807) is 0 Å². The molecule has 3 aromatic carbocycles. The Kier molecular flexibility index (Phi) is 8.75. The van der Waals surface area contributed by atoms with E-state index in [1.807, 2.05) is 36.4 Å². The minimum Gasteiger partial charge on any atom is -0.489 e. The fraction of sp³-hybridized carbons (Fsp3) is 0.344. The van der Waals surface area contributed by atoms with Crippen LogP contribution in [0.25, 0.3) is 11.0 Å². The molecule has 0 bridgehead atoms. The number of carbonyl (C=O) groups is 1. The molecule has 2 saturated heterocycles. The van der Waals surface area contributed by atoms with Crippen LogP contribution in [0.15, 0.2) is 82.3 Å².